The minimum Gasteiger partial charge on any atom is -0.376 e. The highest BCUT2D eigenvalue weighted by Crippen LogP contribution is 2.29. The van der Waals surface area contributed by atoms with Gasteiger partial charge in [-0.1, -0.05) is 18.2 Å². The van der Waals surface area contributed by atoms with Crippen LogP contribution in [0.1, 0.15) is 30.9 Å². The normalized spacial score (nSPS) is 11.8. The first-order valence-corrected chi connectivity index (χ1v) is 5.59. The fourth-order valence-corrected chi connectivity index (χ4v) is 1.54. The van der Waals surface area contributed by atoms with Crippen LogP contribution in [-0.2, 0) is 17.3 Å². The first-order chi connectivity index (χ1) is 8.04. The molecule has 0 unspecified atom stereocenters. The van der Waals surface area contributed by atoms with Crippen LogP contribution in [0, 0.1) is 6.61 Å². The zero-order valence-electron chi connectivity index (χ0n) is 9.76. The van der Waals surface area contributed by atoms with Crippen molar-refractivity contribution in [3.8, 4) is 0 Å². The van der Waals surface area contributed by atoms with E-state index in [-0.39, 0.29) is 0 Å². The molecule has 4 heteroatoms. The van der Waals surface area contributed by atoms with Gasteiger partial charge in [0.25, 0.3) is 0 Å². The van der Waals surface area contributed by atoms with E-state index >= 15 is 0 Å². The second kappa shape index (κ2) is 6.64. The molecule has 0 atom stereocenters. The summed E-state index contributed by atoms with van der Waals surface area (Å²) in [6, 6.07) is 5.49. The largest absolute Gasteiger partial charge is 0.416 e. The van der Waals surface area contributed by atoms with Crippen molar-refractivity contribution in [1.82, 2.24) is 0 Å². The monoisotopic (exact) mass is 245 g/mol. The molecule has 1 rings (SSSR count). The van der Waals surface area contributed by atoms with E-state index in [9.17, 15) is 13.2 Å². The minimum absolute atomic E-state index is 0.576. The molecule has 0 N–H and O–H groups in total. The van der Waals surface area contributed by atoms with Gasteiger partial charge in [-0.15, -0.1) is 0 Å². The van der Waals surface area contributed by atoms with Gasteiger partial charge in [0.2, 0.25) is 0 Å². The van der Waals surface area contributed by atoms with Crippen LogP contribution in [-0.4, -0.2) is 6.61 Å². The quantitative estimate of drug-likeness (QED) is 0.681. The Bertz CT molecular complexity index is 334. The Hall–Kier alpha value is -1.03. The lowest BCUT2D eigenvalue weighted by Crippen LogP contribution is -2.05. The molecule has 0 aliphatic heterocycles. The van der Waals surface area contributed by atoms with Crippen LogP contribution >= 0.6 is 0 Å². The fraction of sp³-hybridized carbons (Fsp3) is 0.462. The Kier molecular flexibility index (Phi) is 5.48. The van der Waals surface area contributed by atoms with Crippen LogP contribution in [0.25, 0.3) is 0 Å². The van der Waals surface area contributed by atoms with Crippen LogP contribution in [0.4, 0.5) is 13.2 Å². The molecular weight excluding hydrogens is 229 g/mol. The number of ether oxygens (including phenoxy) is 1. The molecule has 0 amide bonds. The van der Waals surface area contributed by atoms with E-state index in [1.165, 1.54) is 12.1 Å². The van der Waals surface area contributed by atoms with Gasteiger partial charge in [-0.25, -0.2) is 0 Å². The predicted octanol–water partition coefficient (Wildman–Crippen LogP) is 4.23. The summed E-state index contributed by atoms with van der Waals surface area (Å²) in [6.07, 6.45) is -1.93. The van der Waals surface area contributed by atoms with Gasteiger partial charge in [-0.2, -0.15) is 13.2 Å². The van der Waals surface area contributed by atoms with Gasteiger partial charge >= 0.3 is 6.18 Å². The molecule has 0 aromatic heterocycles. The number of hydrogen-bond acceptors (Lipinski definition) is 1. The number of aryl methyl sites for hydroxylation is 1. The number of benzene rings is 1. The molecule has 0 aliphatic carbocycles. The average molecular weight is 245 g/mol. The van der Waals surface area contributed by atoms with Gasteiger partial charge in [0.1, 0.15) is 0 Å². The zero-order valence-corrected chi connectivity index (χ0v) is 9.76. The summed E-state index contributed by atoms with van der Waals surface area (Å²) in [5.41, 5.74) is 0.147. The molecule has 1 nitrogen and oxygen atoms in total. The van der Waals surface area contributed by atoms with Crippen molar-refractivity contribution in [3.05, 3.63) is 42.0 Å². The van der Waals surface area contributed by atoms with Crippen molar-refractivity contribution < 1.29 is 17.9 Å². The van der Waals surface area contributed by atoms with Crippen LogP contribution in [0.5, 0.6) is 0 Å². The van der Waals surface area contributed by atoms with Crippen LogP contribution in [0.2, 0.25) is 0 Å². The molecule has 1 aromatic carbocycles. The molecule has 0 aliphatic rings. The molecule has 17 heavy (non-hydrogen) atoms. The lowest BCUT2D eigenvalue weighted by Gasteiger charge is -2.08. The Morgan fingerprint density at radius 1 is 1.24 bits per heavy atom. The molecule has 95 valence electrons. The van der Waals surface area contributed by atoms with E-state index in [4.69, 9.17) is 4.74 Å². The lowest BCUT2D eigenvalue weighted by molar-refractivity contribution is -0.137. The summed E-state index contributed by atoms with van der Waals surface area (Å²) < 4.78 is 42.3. The van der Waals surface area contributed by atoms with E-state index in [1.807, 2.05) is 0 Å². The number of hydrogen-bond donors (Lipinski definition) is 0. The molecule has 0 saturated heterocycles. The summed E-state index contributed by atoms with van der Waals surface area (Å²) in [4.78, 5) is 0. The van der Waals surface area contributed by atoms with Gasteiger partial charge < -0.3 is 4.74 Å². The van der Waals surface area contributed by atoms with Crippen molar-refractivity contribution in [2.75, 3.05) is 6.61 Å². The summed E-state index contributed by atoms with van der Waals surface area (Å²) in [5, 5.41) is 0. The van der Waals surface area contributed by atoms with E-state index in [0.29, 0.717) is 13.0 Å². The van der Waals surface area contributed by atoms with Crippen molar-refractivity contribution in [1.29, 1.82) is 0 Å². The maximum Gasteiger partial charge on any atom is 0.416 e. The predicted molar refractivity (Wildman–Crippen MR) is 60.3 cm³/mol. The van der Waals surface area contributed by atoms with Crippen molar-refractivity contribution in [3.63, 3.8) is 0 Å². The molecule has 0 fully saturated rings. The number of unbranched alkanes of at least 4 members (excludes halogenated alkanes) is 1. The number of rotatable bonds is 6. The fourth-order valence-electron chi connectivity index (χ4n) is 1.54. The van der Waals surface area contributed by atoms with Crippen LogP contribution in [0.3, 0.4) is 0 Å². The molecular formula is C13H16F3O. The maximum atomic E-state index is 12.4. The third kappa shape index (κ3) is 5.22. The Labute approximate surface area is 99.6 Å². The van der Waals surface area contributed by atoms with Crippen LogP contribution in [0.15, 0.2) is 24.3 Å². The standard InChI is InChI=1S/C13H16F3O/c1-2-17-9-4-3-6-11-7-5-8-12(10-11)13(14,15)16/h2,5,7-8,10H,3-4,6,9H2,1H3. The third-order valence-electron chi connectivity index (χ3n) is 2.40. The van der Waals surface area contributed by atoms with Gasteiger partial charge in [-0.3, -0.25) is 0 Å². The smallest absolute Gasteiger partial charge is 0.376 e. The van der Waals surface area contributed by atoms with Crippen molar-refractivity contribution >= 4 is 0 Å². The van der Waals surface area contributed by atoms with Gasteiger partial charge in [0.05, 0.1) is 12.2 Å². The average Bonchev–Trinajstić information content (AvgIpc) is 2.28. The highest BCUT2D eigenvalue weighted by molar-refractivity contribution is 5.25. The lowest BCUT2D eigenvalue weighted by atomic mass is 10.1. The summed E-state index contributed by atoms with van der Waals surface area (Å²) >= 11 is 0. The summed E-state index contributed by atoms with van der Waals surface area (Å²) in [7, 11) is 0. The highest BCUT2D eigenvalue weighted by Gasteiger charge is 2.30. The molecule has 0 spiro atoms. The summed E-state index contributed by atoms with van der Waals surface area (Å²) in [5.74, 6) is 0. The van der Waals surface area contributed by atoms with E-state index in [0.717, 1.165) is 24.5 Å². The zero-order chi connectivity index (χ0) is 12.7. The molecule has 1 radical (unpaired) electrons. The van der Waals surface area contributed by atoms with Crippen LogP contribution < -0.4 is 0 Å². The highest BCUT2D eigenvalue weighted by atomic mass is 19.4. The SMILES string of the molecule is C[CH]OCCCCc1cccc(C(F)(F)F)c1. The Balaban J connectivity index is 2.44. The van der Waals surface area contributed by atoms with E-state index < -0.39 is 11.7 Å². The molecule has 0 bridgehead atoms. The minimum atomic E-state index is -4.25. The van der Waals surface area contributed by atoms with E-state index in [1.54, 1.807) is 19.6 Å². The molecule has 0 saturated carbocycles. The molecule has 0 heterocycles. The van der Waals surface area contributed by atoms with Gasteiger partial charge in [-0.05, 0) is 37.8 Å². The third-order valence-corrected chi connectivity index (χ3v) is 2.40. The first-order valence-electron chi connectivity index (χ1n) is 5.59. The first kappa shape index (κ1) is 14.0. The number of alkyl halides is 3. The van der Waals surface area contributed by atoms with E-state index in [2.05, 4.69) is 0 Å². The second-order valence-electron chi connectivity index (χ2n) is 3.76. The van der Waals surface area contributed by atoms with Crippen molar-refractivity contribution in [2.45, 2.75) is 32.4 Å². The molecule has 1 aromatic rings. The Morgan fingerprint density at radius 2 is 2.00 bits per heavy atom. The summed E-state index contributed by atoms with van der Waals surface area (Å²) in [6.45, 7) is 4.03. The second-order valence-corrected chi connectivity index (χ2v) is 3.76. The topological polar surface area (TPSA) is 9.23 Å². The van der Waals surface area contributed by atoms with Gasteiger partial charge in [0, 0.05) is 6.61 Å². The Morgan fingerprint density at radius 3 is 2.65 bits per heavy atom. The number of halogens is 3. The van der Waals surface area contributed by atoms with Crippen molar-refractivity contribution in [2.24, 2.45) is 0 Å². The van der Waals surface area contributed by atoms with Gasteiger partial charge in [0.15, 0.2) is 0 Å². The maximum absolute atomic E-state index is 12.4.